The van der Waals surface area contributed by atoms with Crippen molar-refractivity contribution >= 4 is 17.5 Å². The van der Waals surface area contributed by atoms with Gasteiger partial charge in [-0.1, -0.05) is 42.1 Å². The number of carbonyl (C=O) groups excluding carboxylic acids is 1. The Labute approximate surface area is 157 Å². The molecule has 26 heavy (non-hydrogen) atoms. The largest absolute Gasteiger partial charge is 0.293 e. The molecule has 0 aliphatic carbocycles. The zero-order valence-corrected chi connectivity index (χ0v) is 16.5. The lowest BCUT2D eigenvalue weighted by atomic mass is 10.0. The van der Waals surface area contributed by atoms with Crippen LogP contribution in [0.4, 0.5) is 0 Å². The summed E-state index contributed by atoms with van der Waals surface area (Å²) in [6, 6.07) is 11.9. The predicted molar refractivity (Wildman–Crippen MR) is 104 cm³/mol. The van der Waals surface area contributed by atoms with Crippen LogP contribution in [0.15, 0.2) is 41.6 Å². The summed E-state index contributed by atoms with van der Waals surface area (Å²) in [5, 5.41) is 12.4. The van der Waals surface area contributed by atoms with Gasteiger partial charge in [0.15, 0.2) is 5.78 Å². The molecular formula is C20H22N4OS. The molecule has 3 aromatic rings. The summed E-state index contributed by atoms with van der Waals surface area (Å²) in [4.78, 5) is 12.8. The summed E-state index contributed by atoms with van der Waals surface area (Å²) in [5.74, 6) is 0.0779. The van der Waals surface area contributed by atoms with E-state index in [0.29, 0.717) is 5.16 Å². The lowest BCUT2D eigenvalue weighted by molar-refractivity contribution is 0.0993. The first-order chi connectivity index (χ1) is 12.4. The highest BCUT2D eigenvalue weighted by atomic mass is 32.2. The maximum atomic E-state index is 12.8. The van der Waals surface area contributed by atoms with Crippen LogP contribution in [0.1, 0.15) is 39.5 Å². The van der Waals surface area contributed by atoms with Crippen molar-refractivity contribution in [1.29, 1.82) is 0 Å². The van der Waals surface area contributed by atoms with Crippen LogP contribution in [0.25, 0.3) is 5.69 Å². The molecule has 0 saturated heterocycles. The molecule has 0 spiro atoms. The third kappa shape index (κ3) is 3.55. The second kappa shape index (κ2) is 7.41. The average molecular weight is 366 g/mol. The summed E-state index contributed by atoms with van der Waals surface area (Å²) >= 11 is 1.38. The number of thioether (sulfide) groups is 1. The molecule has 0 amide bonds. The number of carbonyl (C=O) groups is 1. The molecule has 0 bridgehead atoms. The number of ketones is 1. The molecule has 0 aliphatic rings. The molecule has 6 heteroatoms. The normalized spacial score (nSPS) is 12.2. The van der Waals surface area contributed by atoms with Crippen molar-refractivity contribution in [2.45, 2.75) is 45.0 Å². The van der Waals surface area contributed by atoms with Crippen molar-refractivity contribution in [1.82, 2.24) is 20.2 Å². The Balaban J connectivity index is 1.87. The smallest absolute Gasteiger partial charge is 0.214 e. The van der Waals surface area contributed by atoms with Gasteiger partial charge in [-0.2, -0.15) is 4.68 Å². The molecule has 1 aromatic heterocycles. The van der Waals surface area contributed by atoms with Crippen molar-refractivity contribution < 1.29 is 4.79 Å². The summed E-state index contributed by atoms with van der Waals surface area (Å²) in [7, 11) is 0. The lowest BCUT2D eigenvalue weighted by Crippen LogP contribution is -2.15. The fraction of sp³-hybridized carbons (Fsp3) is 0.300. The highest BCUT2D eigenvalue weighted by molar-refractivity contribution is 8.00. The molecule has 134 valence electrons. The van der Waals surface area contributed by atoms with Gasteiger partial charge in [-0.05, 0) is 73.4 Å². The molecule has 0 N–H and O–H groups in total. The van der Waals surface area contributed by atoms with E-state index in [-0.39, 0.29) is 11.0 Å². The standard InChI is InChI=1S/C20H22N4OS/c1-12-9-10-17(11-15(12)4)19(25)16(5)26-20-21-22-23-24(20)18-13(2)7-6-8-14(18)3/h6-11,16H,1-5H3/t16-/m1/s1. The van der Waals surface area contributed by atoms with Crippen molar-refractivity contribution in [3.05, 3.63) is 64.2 Å². The number of benzene rings is 2. The fourth-order valence-corrected chi connectivity index (χ4v) is 3.74. The number of hydrogen-bond acceptors (Lipinski definition) is 5. The topological polar surface area (TPSA) is 60.7 Å². The van der Waals surface area contributed by atoms with Gasteiger partial charge in [-0.3, -0.25) is 4.79 Å². The van der Waals surface area contributed by atoms with Gasteiger partial charge in [0.05, 0.1) is 10.9 Å². The minimum absolute atomic E-state index is 0.0779. The second-order valence-electron chi connectivity index (χ2n) is 6.54. The fourth-order valence-electron chi connectivity index (χ4n) is 2.87. The van der Waals surface area contributed by atoms with E-state index in [1.54, 1.807) is 4.68 Å². The summed E-state index contributed by atoms with van der Waals surface area (Å²) in [5.41, 5.74) is 6.17. The lowest BCUT2D eigenvalue weighted by Gasteiger charge is -2.13. The minimum atomic E-state index is -0.286. The first kappa shape index (κ1) is 18.3. The third-order valence-electron chi connectivity index (χ3n) is 4.54. The molecule has 0 fully saturated rings. The van der Waals surface area contributed by atoms with Gasteiger partial charge in [-0.15, -0.1) is 5.10 Å². The van der Waals surface area contributed by atoms with Gasteiger partial charge >= 0.3 is 0 Å². The molecule has 0 saturated carbocycles. The number of para-hydroxylation sites is 1. The van der Waals surface area contributed by atoms with Crippen molar-refractivity contribution in [3.63, 3.8) is 0 Å². The van der Waals surface area contributed by atoms with E-state index in [0.717, 1.165) is 27.9 Å². The zero-order valence-electron chi connectivity index (χ0n) is 15.6. The average Bonchev–Trinajstić information content (AvgIpc) is 3.04. The molecule has 2 aromatic carbocycles. The van der Waals surface area contributed by atoms with E-state index in [1.165, 1.54) is 17.3 Å². The van der Waals surface area contributed by atoms with Gasteiger partial charge in [0.1, 0.15) is 0 Å². The van der Waals surface area contributed by atoms with Crippen molar-refractivity contribution in [3.8, 4) is 5.69 Å². The van der Waals surface area contributed by atoms with Crippen LogP contribution in [-0.4, -0.2) is 31.2 Å². The molecule has 3 rings (SSSR count). The van der Waals surface area contributed by atoms with Crippen LogP contribution in [0, 0.1) is 27.7 Å². The second-order valence-corrected chi connectivity index (χ2v) is 7.85. The van der Waals surface area contributed by atoms with Crippen molar-refractivity contribution in [2.75, 3.05) is 0 Å². The van der Waals surface area contributed by atoms with Crippen LogP contribution in [0.5, 0.6) is 0 Å². The summed E-state index contributed by atoms with van der Waals surface area (Å²) < 4.78 is 1.72. The Kier molecular flexibility index (Phi) is 5.23. The van der Waals surface area contributed by atoms with E-state index >= 15 is 0 Å². The van der Waals surface area contributed by atoms with Gasteiger partial charge in [0, 0.05) is 5.56 Å². The number of nitrogens with zero attached hydrogens (tertiary/aromatic N) is 4. The van der Waals surface area contributed by atoms with Crippen LogP contribution < -0.4 is 0 Å². The number of rotatable bonds is 5. The first-order valence-corrected chi connectivity index (χ1v) is 9.39. The third-order valence-corrected chi connectivity index (χ3v) is 5.57. The monoisotopic (exact) mass is 366 g/mol. The Morgan fingerprint density at radius 3 is 2.35 bits per heavy atom. The van der Waals surface area contributed by atoms with E-state index < -0.39 is 0 Å². The van der Waals surface area contributed by atoms with Crippen molar-refractivity contribution in [2.24, 2.45) is 0 Å². The molecule has 1 heterocycles. The van der Waals surface area contributed by atoms with E-state index in [9.17, 15) is 4.79 Å². The maximum absolute atomic E-state index is 12.8. The highest BCUT2D eigenvalue weighted by Gasteiger charge is 2.21. The Bertz CT molecular complexity index is 944. The van der Waals surface area contributed by atoms with Gasteiger partial charge in [0.2, 0.25) is 5.16 Å². The minimum Gasteiger partial charge on any atom is -0.293 e. The number of aryl methyl sites for hydroxylation is 4. The van der Waals surface area contributed by atoms with Gasteiger partial charge in [-0.25, -0.2) is 0 Å². The Hall–Kier alpha value is -2.47. The van der Waals surface area contributed by atoms with Gasteiger partial charge in [0.25, 0.3) is 0 Å². The number of hydrogen-bond donors (Lipinski definition) is 0. The van der Waals surface area contributed by atoms with Crippen LogP contribution in [-0.2, 0) is 0 Å². The first-order valence-electron chi connectivity index (χ1n) is 8.51. The van der Waals surface area contributed by atoms with Crippen LogP contribution in [0.2, 0.25) is 0 Å². The molecule has 5 nitrogen and oxygen atoms in total. The molecule has 0 radical (unpaired) electrons. The van der Waals surface area contributed by atoms with Crippen LogP contribution >= 0.6 is 11.8 Å². The van der Waals surface area contributed by atoms with Crippen LogP contribution in [0.3, 0.4) is 0 Å². The molecule has 0 unspecified atom stereocenters. The number of tetrazole rings is 1. The summed E-state index contributed by atoms with van der Waals surface area (Å²) in [6.45, 7) is 10.0. The summed E-state index contributed by atoms with van der Waals surface area (Å²) in [6.07, 6.45) is 0. The molecule has 0 aliphatic heterocycles. The number of aromatic nitrogens is 4. The SMILES string of the molecule is Cc1ccc(C(=O)[C@@H](C)Sc2nnnn2-c2c(C)cccc2C)cc1C. The maximum Gasteiger partial charge on any atom is 0.214 e. The van der Waals surface area contributed by atoms with E-state index in [2.05, 4.69) is 15.5 Å². The quantitative estimate of drug-likeness (QED) is 0.499. The Morgan fingerprint density at radius 1 is 1.00 bits per heavy atom. The highest BCUT2D eigenvalue weighted by Crippen LogP contribution is 2.28. The Morgan fingerprint density at radius 2 is 1.69 bits per heavy atom. The van der Waals surface area contributed by atoms with E-state index in [1.807, 2.05) is 71.0 Å². The van der Waals surface area contributed by atoms with Gasteiger partial charge < -0.3 is 0 Å². The molecule has 1 atom stereocenters. The van der Waals surface area contributed by atoms with E-state index in [4.69, 9.17) is 0 Å². The predicted octanol–water partition coefficient (Wildman–Crippen LogP) is 4.26. The zero-order chi connectivity index (χ0) is 18.8. The number of Topliss-reactive ketones (excluding diaryl/α,β-unsaturated/α-hetero) is 1. The molecular weight excluding hydrogens is 344 g/mol.